The molecule has 8 nitrogen and oxygen atoms in total. The van der Waals surface area contributed by atoms with E-state index >= 15 is 0 Å². The van der Waals surface area contributed by atoms with Gasteiger partial charge in [0.15, 0.2) is 22.9 Å². The van der Waals surface area contributed by atoms with Gasteiger partial charge >= 0.3 is 0 Å². The molecule has 4 aromatic rings. The number of nitrogens with zero attached hydrogens (tertiary/aromatic N) is 3. The maximum atomic E-state index is 13.8. The molecule has 1 amide bonds. The number of Topliss-reactive ketones (excluding diaryl/α,β-unsaturated/α-hetero) is 1. The lowest BCUT2D eigenvalue weighted by molar-refractivity contribution is -0.129. The Morgan fingerprint density at radius 3 is 2.69 bits per heavy atom. The third kappa shape index (κ3) is 3.66. The number of aromatic nitrogens is 1. The van der Waals surface area contributed by atoms with Crippen LogP contribution in [0.3, 0.4) is 0 Å². The van der Waals surface area contributed by atoms with Crippen LogP contribution >= 0.6 is 0 Å². The summed E-state index contributed by atoms with van der Waals surface area (Å²) in [5.74, 6) is -1.10. The highest BCUT2D eigenvalue weighted by atomic mass is 16.5. The summed E-state index contributed by atoms with van der Waals surface area (Å²) in [5, 5.41) is 12.6. The number of para-hydroxylation sites is 2. The van der Waals surface area contributed by atoms with Crippen molar-refractivity contribution in [3.05, 3.63) is 77.4 Å². The molecule has 1 aliphatic heterocycles. The van der Waals surface area contributed by atoms with Gasteiger partial charge in [0.05, 0.1) is 18.7 Å². The van der Waals surface area contributed by atoms with E-state index in [1.807, 2.05) is 73.2 Å². The van der Waals surface area contributed by atoms with Crippen molar-refractivity contribution in [1.82, 2.24) is 14.4 Å². The molecule has 0 saturated carbocycles. The van der Waals surface area contributed by atoms with E-state index in [0.29, 0.717) is 29.8 Å². The lowest BCUT2D eigenvalue weighted by atomic mass is 9.94. The first kappa shape index (κ1) is 22.7. The average molecular weight is 474 g/mol. The Hall–Kier alpha value is -4.04. The third-order valence-electron chi connectivity index (χ3n) is 6.51. The topological polar surface area (TPSA) is 88.1 Å². The second-order valence-electron chi connectivity index (χ2n) is 9.00. The molecule has 180 valence electrons. The van der Waals surface area contributed by atoms with Gasteiger partial charge in [-0.3, -0.25) is 9.59 Å². The Labute approximate surface area is 202 Å². The number of likely N-dealkylation sites (N-methyl/N-ethyl adjacent to an activating group) is 1. The van der Waals surface area contributed by atoms with Gasteiger partial charge in [0, 0.05) is 48.2 Å². The van der Waals surface area contributed by atoms with Crippen LogP contribution in [0.1, 0.15) is 22.2 Å². The Balaban J connectivity index is 1.66. The molecule has 35 heavy (non-hydrogen) atoms. The molecule has 0 fully saturated rings. The van der Waals surface area contributed by atoms with Gasteiger partial charge in [-0.05, 0) is 32.3 Å². The molecule has 1 N–H and O–H groups in total. The number of methoxy groups -OCH3 is 1. The molecule has 1 aliphatic rings. The number of fused-ring (bicyclic) bond motifs is 2. The minimum Gasteiger partial charge on any atom is -0.503 e. The van der Waals surface area contributed by atoms with Crippen LogP contribution in [-0.2, 0) is 11.8 Å². The van der Waals surface area contributed by atoms with Crippen LogP contribution in [0.25, 0.3) is 21.9 Å². The van der Waals surface area contributed by atoms with Crippen LogP contribution in [-0.4, -0.2) is 65.5 Å². The van der Waals surface area contributed by atoms with E-state index in [9.17, 15) is 14.7 Å². The van der Waals surface area contributed by atoms with Crippen molar-refractivity contribution in [1.29, 1.82) is 0 Å². The number of hydrogen-bond acceptors (Lipinski definition) is 6. The lowest BCUT2D eigenvalue weighted by Gasteiger charge is -2.27. The molecule has 0 aliphatic carbocycles. The zero-order valence-corrected chi connectivity index (χ0v) is 20.1. The summed E-state index contributed by atoms with van der Waals surface area (Å²) in [5.41, 5.74) is 2.20. The second kappa shape index (κ2) is 8.63. The van der Waals surface area contributed by atoms with Crippen molar-refractivity contribution in [2.75, 3.05) is 34.3 Å². The van der Waals surface area contributed by atoms with Crippen LogP contribution in [0.15, 0.2) is 70.5 Å². The van der Waals surface area contributed by atoms with E-state index in [-0.39, 0.29) is 11.3 Å². The first-order chi connectivity index (χ1) is 16.8. The van der Waals surface area contributed by atoms with E-state index in [2.05, 4.69) is 0 Å². The zero-order valence-electron chi connectivity index (χ0n) is 20.1. The molecule has 2 aromatic heterocycles. The Bertz CT molecular complexity index is 1490. The fourth-order valence-corrected chi connectivity index (χ4v) is 4.78. The normalized spacial score (nSPS) is 16.3. The molecule has 8 heteroatoms. The fourth-order valence-electron chi connectivity index (χ4n) is 4.78. The van der Waals surface area contributed by atoms with Crippen LogP contribution in [0.5, 0.6) is 5.75 Å². The summed E-state index contributed by atoms with van der Waals surface area (Å²) in [6.07, 6.45) is 1.92. The van der Waals surface area contributed by atoms with Gasteiger partial charge in [0.25, 0.3) is 5.91 Å². The molecule has 0 saturated heterocycles. The van der Waals surface area contributed by atoms with Crippen molar-refractivity contribution in [3.8, 4) is 5.75 Å². The second-order valence-corrected chi connectivity index (χ2v) is 9.00. The van der Waals surface area contributed by atoms with Gasteiger partial charge in [0.2, 0.25) is 5.78 Å². The molecule has 0 spiro atoms. The van der Waals surface area contributed by atoms with E-state index in [0.717, 1.165) is 16.5 Å². The van der Waals surface area contributed by atoms with Gasteiger partial charge in [-0.2, -0.15) is 0 Å². The van der Waals surface area contributed by atoms with E-state index in [1.165, 1.54) is 7.11 Å². The molecule has 1 atom stereocenters. The van der Waals surface area contributed by atoms with Crippen LogP contribution < -0.4 is 4.74 Å². The fraction of sp³-hybridized carbons (Fsp3) is 0.259. The number of ketones is 1. The summed E-state index contributed by atoms with van der Waals surface area (Å²) in [7, 11) is 7.27. The molecular weight excluding hydrogens is 446 g/mol. The van der Waals surface area contributed by atoms with E-state index < -0.39 is 23.5 Å². The molecule has 3 heterocycles. The number of carbonyl (C=O) groups excluding carboxylic acids is 2. The molecule has 1 unspecified atom stereocenters. The van der Waals surface area contributed by atoms with Crippen LogP contribution in [0.2, 0.25) is 0 Å². The monoisotopic (exact) mass is 473 g/mol. The summed E-state index contributed by atoms with van der Waals surface area (Å²) in [6, 6.07) is 14.0. The number of furan rings is 1. The van der Waals surface area contributed by atoms with Crippen molar-refractivity contribution in [2.24, 2.45) is 7.05 Å². The van der Waals surface area contributed by atoms with Gasteiger partial charge in [-0.25, -0.2) is 0 Å². The van der Waals surface area contributed by atoms with Crippen molar-refractivity contribution in [2.45, 2.75) is 6.04 Å². The average Bonchev–Trinajstić information content (AvgIpc) is 3.50. The summed E-state index contributed by atoms with van der Waals surface area (Å²) < 4.78 is 13.2. The van der Waals surface area contributed by atoms with Crippen molar-refractivity contribution < 1.29 is 23.8 Å². The van der Waals surface area contributed by atoms with E-state index in [1.54, 1.807) is 17.0 Å². The van der Waals surface area contributed by atoms with Gasteiger partial charge in [0.1, 0.15) is 0 Å². The van der Waals surface area contributed by atoms with Crippen molar-refractivity contribution >= 4 is 33.6 Å². The number of amides is 1. The first-order valence-electron chi connectivity index (χ1n) is 11.4. The maximum Gasteiger partial charge on any atom is 0.290 e. The Morgan fingerprint density at radius 1 is 1.17 bits per heavy atom. The molecule has 5 rings (SSSR count). The van der Waals surface area contributed by atoms with Crippen molar-refractivity contribution in [3.63, 3.8) is 0 Å². The predicted octanol–water partition coefficient (Wildman–Crippen LogP) is 4.07. The van der Waals surface area contributed by atoms with Gasteiger partial charge in [-0.15, -0.1) is 0 Å². The number of carbonyl (C=O) groups is 2. The highest BCUT2D eigenvalue weighted by molar-refractivity contribution is 6.16. The maximum absolute atomic E-state index is 13.8. The van der Waals surface area contributed by atoms with Gasteiger partial charge < -0.3 is 28.6 Å². The number of ether oxygens (including phenoxy) is 1. The molecule has 0 bridgehead atoms. The minimum atomic E-state index is -0.754. The number of aryl methyl sites for hydroxylation is 1. The zero-order chi connectivity index (χ0) is 24.9. The Morgan fingerprint density at radius 2 is 1.94 bits per heavy atom. The van der Waals surface area contributed by atoms with Gasteiger partial charge in [-0.1, -0.05) is 30.3 Å². The number of aliphatic hydroxyl groups excluding tert-OH is 1. The quantitative estimate of drug-likeness (QED) is 0.407. The highest BCUT2D eigenvalue weighted by Gasteiger charge is 2.45. The molecule has 2 aromatic carbocycles. The minimum absolute atomic E-state index is 0.0168. The van der Waals surface area contributed by atoms with E-state index in [4.69, 9.17) is 9.15 Å². The Kier molecular flexibility index (Phi) is 5.61. The lowest BCUT2D eigenvalue weighted by Crippen LogP contribution is -2.36. The molecule has 0 radical (unpaired) electrons. The largest absolute Gasteiger partial charge is 0.503 e. The third-order valence-corrected chi connectivity index (χ3v) is 6.51. The number of rotatable bonds is 7. The summed E-state index contributed by atoms with van der Waals surface area (Å²) in [6.45, 7) is 0.915. The first-order valence-corrected chi connectivity index (χ1v) is 11.4. The highest BCUT2D eigenvalue weighted by Crippen LogP contribution is 2.42. The number of hydrogen-bond donors (Lipinski definition) is 1. The number of aliphatic hydroxyl groups is 1. The number of benzene rings is 2. The summed E-state index contributed by atoms with van der Waals surface area (Å²) in [4.78, 5) is 30.6. The SMILES string of the molecule is COc1cccc2cc(C(=O)C3=C(O)C(=O)N(CCN(C)C)C3c3cn(C)c4ccccc34)oc12. The molecular formula is C27H27N3O5. The smallest absolute Gasteiger partial charge is 0.290 e. The van der Waals surface area contributed by atoms with Crippen LogP contribution in [0, 0.1) is 0 Å². The summed E-state index contributed by atoms with van der Waals surface area (Å²) >= 11 is 0. The van der Waals surface area contributed by atoms with Crippen LogP contribution in [0.4, 0.5) is 0 Å². The predicted molar refractivity (Wildman–Crippen MR) is 133 cm³/mol. The standard InChI is InChI=1S/C27H27N3O5/c1-28(2)12-13-30-23(18-15-29(3)19-10-6-5-9-17(18)19)22(25(32)27(30)33)24(31)21-14-16-8-7-11-20(34-4)26(16)35-21/h5-11,14-15,23,32H,12-13H2,1-4H3.